The molecule has 1 aromatic carbocycles. The Morgan fingerprint density at radius 3 is 2.62 bits per heavy atom. The fourth-order valence-electron chi connectivity index (χ4n) is 1.70. The summed E-state index contributed by atoms with van der Waals surface area (Å²) in [7, 11) is 1.66. The van der Waals surface area contributed by atoms with E-state index in [9.17, 15) is 0 Å². The Morgan fingerprint density at radius 2 is 2.12 bits per heavy atom. The van der Waals surface area contributed by atoms with Crippen molar-refractivity contribution in [2.45, 2.75) is 26.7 Å². The summed E-state index contributed by atoms with van der Waals surface area (Å²) >= 11 is 11.1. The normalized spacial score (nSPS) is 10.2. The van der Waals surface area contributed by atoms with Crippen molar-refractivity contribution in [3.05, 3.63) is 27.8 Å². The molecule has 0 fully saturated rings. The summed E-state index contributed by atoms with van der Waals surface area (Å²) in [6.45, 7) is 3.96. The SMILES string of the molecule is COc1cc(C)c(Cl)c(C)c1CCC(N)=S. The molecule has 16 heavy (non-hydrogen) atoms. The summed E-state index contributed by atoms with van der Waals surface area (Å²) in [6.07, 6.45) is 1.44. The molecule has 0 spiro atoms. The van der Waals surface area contributed by atoms with Crippen LogP contribution in [0.25, 0.3) is 0 Å². The molecule has 1 rings (SSSR count). The van der Waals surface area contributed by atoms with Crippen LogP contribution >= 0.6 is 23.8 Å². The predicted molar refractivity (Wildman–Crippen MR) is 72.6 cm³/mol. The molecule has 0 aromatic heterocycles. The van der Waals surface area contributed by atoms with E-state index in [1.807, 2.05) is 19.9 Å². The van der Waals surface area contributed by atoms with E-state index in [-0.39, 0.29) is 0 Å². The first-order chi connectivity index (χ1) is 7.47. The maximum atomic E-state index is 6.21. The molecule has 0 radical (unpaired) electrons. The molecular weight excluding hydrogens is 242 g/mol. The summed E-state index contributed by atoms with van der Waals surface area (Å²) in [5.74, 6) is 0.857. The summed E-state index contributed by atoms with van der Waals surface area (Å²) in [5.41, 5.74) is 8.67. The molecule has 0 aliphatic carbocycles. The Morgan fingerprint density at radius 1 is 1.50 bits per heavy atom. The van der Waals surface area contributed by atoms with Gasteiger partial charge in [0.25, 0.3) is 0 Å². The number of aryl methyl sites for hydroxylation is 1. The summed E-state index contributed by atoms with van der Waals surface area (Å²) < 4.78 is 5.35. The number of thiocarbonyl (C=S) groups is 1. The first-order valence-corrected chi connectivity index (χ1v) is 5.86. The minimum atomic E-state index is 0.512. The highest BCUT2D eigenvalue weighted by molar-refractivity contribution is 7.80. The Kier molecular flexibility index (Phi) is 4.56. The molecule has 0 atom stereocenters. The van der Waals surface area contributed by atoms with Gasteiger partial charge in [0.15, 0.2) is 0 Å². The van der Waals surface area contributed by atoms with E-state index in [2.05, 4.69) is 0 Å². The van der Waals surface area contributed by atoms with Gasteiger partial charge < -0.3 is 10.5 Å². The Balaban J connectivity index is 3.14. The highest BCUT2D eigenvalue weighted by Crippen LogP contribution is 2.32. The number of halogens is 1. The van der Waals surface area contributed by atoms with Crippen LogP contribution < -0.4 is 10.5 Å². The van der Waals surface area contributed by atoms with Crippen LogP contribution in [0.2, 0.25) is 5.02 Å². The molecule has 1 aromatic rings. The number of methoxy groups -OCH3 is 1. The van der Waals surface area contributed by atoms with Crippen LogP contribution in [-0.2, 0) is 6.42 Å². The van der Waals surface area contributed by atoms with Crippen LogP contribution in [0.3, 0.4) is 0 Å². The zero-order valence-electron chi connectivity index (χ0n) is 9.76. The zero-order chi connectivity index (χ0) is 12.3. The van der Waals surface area contributed by atoms with Gasteiger partial charge >= 0.3 is 0 Å². The van der Waals surface area contributed by atoms with Gasteiger partial charge in [-0.05, 0) is 43.0 Å². The van der Waals surface area contributed by atoms with E-state index in [1.54, 1.807) is 7.11 Å². The Bertz CT molecular complexity index is 418. The van der Waals surface area contributed by atoms with Crippen molar-refractivity contribution in [2.75, 3.05) is 7.11 Å². The summed E-state index contributed by atoms with van der Waals surface area (Å²) in [6, 6.07) is 1.95. The fraction of sp³-hybridized carbons (Fsp3) is 0.417. The molecule has 88 valence electrons. The average Bonchev–Trinajstić information content (AvgIpc) is 2.23. The number of hydrogen-bond acceptors (Lipinski definition) is 2. The second-order valence-corrected chi connectivity index (χ2v) is 4.68. The molecule has 2 N–H and O–H groups in total. The van der Waals surface area contributed by atoms with E-state index in [1.165, 1.54) is 0 Å². The van der Waals surface area contributed by atoms with Crippen molar-refractivity contribution in [1.82, 2.24) is 0 Å². The minimum absolute atomic E-state index is 0.512. The van der Waals surface area contributed by atoms with Gasteiger partial charge in [0.2, 0.25) is 0 Å². The molecule has 4 heteroatoms. The Labute approximate surface area is 107 Å². The van der Waals surface area contributed by atoms with Crippen molar-refractivity contribution >= 4 is 28.8 Å². The molecule has 0 saturated carbocycles. The van der Waals surface area contributed by atoms with E-state index < -0.39 is 0 Å². The smallest absolute Gasteiger partial charge is 0.122 e. The lowest BCUT2D eigenvalue weighted by Crippen LogP contribution is -2.10. The van der Waals surface area contributed by atoms with E-state index in [0.29, 0.717) is 11.4 Å². The lowest BCUT2D eigenvalue weighted by Gasteiger charge is -2.14. The van der Waals surface area contributed by atoms with Crippen LogP contribution in [0.1, 0.15) is 23.1 Å². The van der Waals surface area contributed by atoms with Gasteiger partial charge in [-0.15, -0.1) is 0 Å². The first-order valence-electron chi connectivity index (χ1n) is 5.08. The number of ether oxygens (including phenoxy) is 1. The van der Waals surface area contributed by atoms with Crippen molar-refractivity contribution in [2.24, 2.45) is 5.73 Å². The van der Waals surface area contributed by atoms with E-state index in [4.69, 9.17) is 34.3 Å². The second kappa shape index (κ2) is 5.51. The summed E-state index contributed by atoms with van der Waals surface area (Å²) in [5, 5.41) is 0.790. The van der Waals surface area contributed by atoms with Gasteiger partial charge in [-0.3, -0.25) is 0 Å². The van der Waals surface area contributed by atoms with Gasteiger partial charge in [0.1, 0.15) is 5.75 Å². The lowest BCUT2D eigenvalue weighted by atomic mass is 10.00. The highest BCUT2D eigenvalue weighted by atomic mass is 35.5. The van der Waals surface area contributed by atoms with Gasteiger partial charge in [0.05, 0.1) is 12.1 Å². The summed E-state index contributed by atoms with van der Waals surface area (Å²) in [4.78, 5) is 0.512. The first kappa shape index (κ1) is 13.3. The molecule has 0 bridgehead atoms. The molecule has 2 nitrogen and oxygen atoms in total. The zero-order valence-corrected chi connectivity index (χ0v) is 11.3. The van der Waals surface area contributed by atoms with E-state index in [0.717, 1.165) is 33.9 Å². The third-order valence-corrected chi connectivity index (χ3v) is 3.40. The molecule has 0 aliphatic rings. The van der Waals surface area contributed by atoms with Crippen molar-refractivity contribution in [3.63, 3.8) is 0 Å². The average molecular weight is 258 g/mol. The largest absolute Gasteiger partial charge is 0.496 e. The maximum absolute atomic E-state index is 6.21. The second-order valence-electron chi connectivity index (χ2n) is 3.78. The van der Waals surface area contributed by atoms with Crippen molar-refractivity contribution in [1.29, 1.82) is 0 Å². The maximum Gasteiger partial charge on any atom is 0.122 e. The number of nitrogens with two attached hydrogens (primary N) is 1. The number of hydrogen-bond donors (Lipinski definition) is 1. The minimum Gasteiger partial charge on any atom is -0.496 e. The van der Waals surface area contributed by atoms with Crippen LogP contribution in [0.4, 0.5) is 0 Å². The monoisotopic (exact) mass is 257 g/mol. The molecule has 0 unspecified atom stereocenters. The van der Waals surface area contributed by atoms with Crippen LogP contribution in [0, 0.1) is 13.8 Å². The molecule has 0 heterocycles. The van der Waals surface area contributed by atoms with Crippen LogP contribution in [0.5, 0.6) is 5.75 Å². The third kappa shape index (κ3) is 2.86. The van der Waals surface area contributed by atoms with Crippen molar-refractivity contribution in [3.8, 4) is 5.75 Å². The molecule has 0 aliphatic heterocycles. The van der Waals surface area contributed by atoms with Crippen molar-refractivity contribution < 1.29 is 4.74 Å². The van der Waals surface area contributed by atoms with Crippen LogP contribution in [-0.4, -0.2) is 12.1 Å². The van der Waals surface area contributed by atoms with Gasteiger partial charge in [0, 0.05) is 11.4 Å². The number of benzene rings is 1. The quantitative estimate of drug-likeness (QED) is 0.842. The third-order valence-electron chi connectivity index (χ3n) is 2.61. The van der Waals surface area contributed by atoms with E-state index >= 15 is 0 Å². The fourth-order valence-corrected chi connectivity index (χ4v) is 1.97. The highest BCUT2D eigenvalue weighted by Gasteiger charge is 2.12. The van der Waals surface area contributed by atoms with Gasteiger partial charge in [-0.25, -0.2) is 0 Å². The standard InChI is InChI=1S/C12H16ClNOS/c1-7-6-10(15-3)9(4-5-11(14)16)8(2)12(7)13/h6H,4-5H2,1-3H3,(H2,14,16). The predicted octanol–water partition coefficient (Wildman–Crippen LogP) is 3.18. The topological polar surface area (TPSA) is 35.2 Å². The Hall–Kier alpha value is -0.800. The number of rotatable bonds is 4. The molecule has 0 saturated heterocycles. The lowest BCUT2D eigenvalue weighted by molar-refractivity contribution is 0.409. The molecule has 0 amide bonds. The molecular formula is C12H16ClNOS. The van der Waals surface area contributed by atoms with Gasteiger partial charge in [-0.2, -0.15) is 0 Å². The van der Waals surface area contributed by atoms with Crippen LogP contribution in [0.15, 0.2) is 6.07 Å². The van der Waals surface area contributed by atoms with Gasteiger partial charge in [-0.1, -0.05) is 23.8 Å².